The van der Waals surface area contributed by atoms with Crippen LogP contribution >= 0.6 is 0 Å². The largest absolute Gasteiger partial charge is 0.228 e. The van der Waals surface area contributed by atoms with Crippen LogP contribution in [0.2, 0.25) is 0 Å². The van der Waals surface area contributed by atoms with Crippen LogP contribution in [-0.4, -0.2) is 9.97 Å². The van der Waals surface area contributed by atoms with E-state index >= 15 is 0 Å². The van der Waals surface area contributed by atoms with Gasteiger partial charge in [0.25, 0.3) is 0 Å². The Labute approximate surface area is 334 Å². The zero-order valence-corrected chi connectivity index (χ0v) is 32.3. The molecule has 11 rings (SSSR count). The van der Waals surface area contributed by atoms with Crippen molar-refractivity contribution in [2.45, 2.75) is 31.6 Å². The minimum atomic E-state index is -0.251. The summed E-state index contributed by atoms with van der Waals surface area (Å²) in [5, 5.41) is 2.55. The molecule has 2 aliphatic rings. The summed E-state index contributed by atoms with van der Waals surface area (Å²) in [4.78, 5) is 10.5. The average Bonchev–Trinajstić information content (AvgIpc) is 3.66. The van der Waals surface area contributed by atoms with E-state index in [1.807, 2.05) is 6.07 Å². The second-order valence-electron chi connectivity index (χ2n) is 16.3. The molecule has 0 bridgehead atoms. The van der Waals surface area contributed by atoms with Gasteiger partial charge in [0.2, 0.25) is 0 Å². The van der Waals surface area contributed by atoms with Crippen molar-refractivity contribution in [1.29, 1.82) is 0 Å². The van der Waals surface area contributed by atoms with E-state index < -0.39 is 0 Å². The molecule has 270 valence electrons. The third-order valence-corrected chi connectivity index (χ3v) is 12.8. The minimum absolute atomic E-state index is 0.108. The lowest BCUT2D eigenvalue weighted by atomic mass is 9.74. The van der Waals surface area contributed by atoms with Gasteiger partial charge in [-0.2, -0.15) is 0 Å². The lowest BCUT2D eigenvalue weighted by Crippen LogP contribution is -2.22. The maximum Gasteiger partial charge on any atom is 0.160 e. The molecule has 1 atom stereocenters. The van der Waals surface area contributed by atoms with Gasteiger partial charge in [0.1, 0.15) is 0 Å². The molecule has 1 unspecified atom stereocenters. The smallest absolute Gasteiger partial charge is 0.160 e. The third-order valence-electron chi connectivity index (χ3n) is 12.8. The van der Waals surface area contributed by atoms with E-state index in [0.717, 1.165) is 28.1 Å². The fourth-order valence-electron chi connectivity index (χ4n) is 9.76. The van der Waals surface area contributed by atoms with Gasteiger partial charge in [-0.25, -0.2) is 9.97 Å². The van der Waals surface area contributed by atoms with Gasteiger partial charge in [-0.15, -0.1) is 0 Å². The van der Waals surface area contributed by atoms with Crippen molar-refractivity contribution in [2.24, 2.45) is 0 Å². The molecule has 0 saturated heterocycles. The van der Waals surface area contributed by atoms with E-state index in [-0.39, 0.29) is 10.8 Å². The third kappa shape index (κ3) is 5.10. The topological polar surface area (TPSA) is 25.8 Å². The van der Waals surface area contributed by atoms with E-state index in [1.54, 1.807) is 0 Å². The van der Waals surface area contributed by atoms with E-state index in [2.05, 4.69) is 203 Å². The highest BCUT2D eigenvalue weighted by Gasteiger charge is 2.41. The Morgan fingerprint density at radius 2 is 0.930 bits per heavy atom. The molecule has 0 N–H and O–H groups in total. The molecule has 0 radical (unpaired) electrons. The lowest BCUT2D eigenvalue weighted by molar-refractivity contribution is 0.661. The molecule has 8 aromatic carbocycles. The van der Waals surface area contributed by atoms with E-state index in [4.69, 9.17) is 9.97 Å². The van der Waals surface area contributed by atoms with Gasteiger partial charge in [-0.05, 0) is 109 Å². The fourth-order valence-corrected chi connectivity index (χ4v) is 9.76. The van der Waals surface area contributed by atoms with Gasteiger partial charge in [0.05, 0.1) is 11.4 Å². The van der Waals surface area contributed by atoms with Crippen LogP contribution < -0.4 is 0 Å². The number of hydrogen-bond acceptors (Lipinski definition) is 2. The quantitative estimate of drug-likeness (QED) is 0.176. The van der Waals surface area contributed by atoms with E-state index in [1.165, 1.54) is 72.0 Å². The highest BCUT2D eigenvalue weighted by atomic mass is 14.9. The first kappa shape index (κ1) is 33.4. The van der Waals surface area contributed by atoms with Gasteiger partial charge >= 0.3 is 0 Å². The molecule has 1 aromatic heterocycles. The molecular weight excluding hydrogens is 689 g/mol. The summed E-state index contributed by atoms with van der Waals surface area (Å²) in [6.07, 6.45) is 0. The van der Waals surface area contributed by atoms with Crippen molar-refractivity contribution in [3.63, 3.8) is 0 Å². The predicted octanol–water partition coefficient (Wildman–Crippen LogP) is 13.9. The Bertz CT molecular complexity index is 3050. The molecule has 2 nitrogen and oxygen atoms in total. The van der Waals surface area contributed by atoms with Crippen molar-refractivity contribution >= 4 is 10.8 Å². The van der Waals surface area contributed by atoms with Crippen molar-refractivity contribution in [3.05, 3.63) is 216 Å². The van der Waals surface area contributed by atoms with E-state index in [0.29, 0.717) is 5.82 Å². The van der Waals surface area contributed by atoms with E-state index in [9.17, 15) is 0 Å². The molecule has 57 heavy (non-hydrogen) atoms. The number of rotatable bonds is 5. The van der Waals surface area contributed by atoms with Crippen molar-refractivity contribution in [3.8, 4) is 67.3 Å². The molecule has 0 saturated carbocycles. The highest BCUT2D eigenvalue weighted by Crippen LogP contribution is 2.54. The van der Waals surface area contributed by atoms with Crippen molar-refractivity contribution < 1.29 is 0 Å². The first-order valence-electron chi connectivity index (χ1n) is 19.9. The second-order valence-corrected chi connectivity index (χ2v) is 16.3. The van der Waals surface area contributed by atoms with Gasteiger partial charge in [0.15, 0.2) is 5.82 Å². The number of fused-ring (bicyclic) bond motifs is 7. The molecule has 2 aliphatic carbocycles. The summed E-state index contributed by atoms with van der Waals surface area (Å²) in [6.45, 7) is 7.08. The number of benzene rings is 8. The van der Waals surface area contributed by atoms with Gasteiger partial charge in [0, 0.05) is 27.5 Å². The van der Waals surface area contributed by atoms with Crippen LogP contribution in [0.15, 0.2) is 188 Å². The average molecular weight is 729 g/mol. The Hall–Kier alpha value is -6.90. The first-order chi connectivity index (χ1) is 27.9. The first-order valence-corrected chi connectivity index (χ1v) is 19.9. The maximum absolute atomic E-state index is 5.26. The second kappa shape index (κ2) is 12.6. The lowest BCUT2D eigenvalue weighted by Gasteiger charge is -2.28. The van der Waals surface area contributed by atoms with Crippen LogP contribution in [-0.2, 0) is 10.8 Å². The molecule has 0 spiro atoms. The summed E-state index contributed by atoms with van der Waals surface area (Å²) < 4.78 is 0. The Morgan fingerprint density at radius 1 is 0.351 bits per heavy atom. The zero-order valence-electron chi connectivity index (χ0n) is 32.3. The SMILES string of the molecule is CC1(C)c2cc3ccccc3cc2-c2c(-c3cccc(-c4cc(-c5ccc6c(c5)-c5ccccc5C6(C)c5ccccc5)nc(-c5ccccc5)n4)c3)cccc21. The van der Waals surface area contributed by atoms with Crippen LogP contribution in [0.3, 0.4) is 0 Å². The fraction of sp³-hybridized carbons (Fsp3) is 0.0909. The molecule has 2 heteroatoms. The summed E-state index contributed by atoms with van der Waals surface area (Å²) in [7, 11) is 0. The monoisotopic (exact) mass is 728 g/mol. The Balaban J connectivity index is 1.06. The van der Waals surface area contributed by atoms with Gasteiger partial charge < -0.3 is 0 Å². The van der Waals surface area contributed by atoms with Crippen LogP contribution in [0, 0.1) is 0 Å². The number of aromatic nitrogens is 2. The van der Waals surface area contributed by atoms with Crippen molar-refractivity contribution in [2.75, 3.05) is 0 Å². The van der Waals surface area contributed by atoms with Gasteiger partial charge in [-0.1, -0.05) is 172 Å². The van der Waals surface area contributed by atoms with Crippen LogP contribution in [0.1, 0.15) is 48.6 Å². The zero-order chi connectivity index (χ0) is 38.3. The summed E-state index contributed by atoms with van der Waals surface area (Å²) in [6, 6.07) is 68.4. The number of hydrogen-bond donors (Lipinski definition) is 0. The minimum Gasteiger partial charge on any atom is -0.228 e. The summed E-state index contributed by atoms with van der Waals surface area (Å²) in [5.74, 6) is 0.715. The predicted molar refractivity (Wildman–Crippen MR) is 236 cm³/mol. The Kier molecular flexibility index (Phi) is 7.37. The molecule has 0 aliphatic heterocycles. The Morgan fingerprint density at radius 3 is 1.72 bits per heavy atom. The number of nitrogens with zero attached hydrogens (tertiary/aromatic N) is 2. The highest BCUT2D eigenvalue weighted by molar-refractivity contribution is 5.99. The van der Waals surface area contributed by atoms with Crippen LogP contribution in [0.25, 0.3) is 78.1 Å². The van der Waals surface area contributed by atoms with Crippen LogP contribution in [0.5, 0.6) is 0 Å². The summed E-state index contributed by atoms with van der Waals surface area (Å²) >= 11 is 0. The van der Waals surface area contributed by atoms with Crippen molar-refractivity contribution in [1.82, 2.24) is 9.97 Å². The maximum atomic E-state index is 5.26. The standard InChI is InChI=1S/C55H40N2/c1-54(2)48-27-15-25-42(52(48)45-31-36-18-10-11-19-37(36)33-49(45)54)38-20-14-21-39(30-38)50-34-51(57-53(56-50)35-16-6-4-7-17-35)40-28-29-47-44(32-40)43-24-12-13-26-46(43)55(47,3)41-22-8-5-9-23-41/h4-34H,1-3H3. The van der Waals surface area contributed by atoms with Crippen LogP contribution in [0.4, 0.5) is 0 Å². The normalized spacial score (nSPS) is 15.8. The molecule has 9 aromatic rings. The molecule has 1 heterocycles. The van der Waals surface area contributed by atoms with Gasteiger partial charge in [-0.3, -0.25) is 0 Å². The summed E-state index contributed by atoms with van der Waals surface area (Å²) in [5.41, 5.74) is 18.9. The molecular formula is C55H40N2. The molecule has 0 fully saturated rings. The molecule has 0 amide bonds.